The lowest BCUT2D eigenvalue weighted by atomic mass is 10.1. The zero-order chi connectivity index (χ0) is 20.6. The van der Waals surface area contributed by atoms with E-state index in [9.17, 15) is 5.26 Å². The van der Waals surface area contributed by atoms with Crippen LogP contribution < -0.4 is 25.7 Å². The third-order valence-electron chi connectivity index (χ3n) is 4.39. The van der Waals surface area contributed by atoms with Crippen molar-refractivity contribution in [2.24, 2.45) is 0 Å². The van der Waals surface area contributed by atoms with Crippen LogP contribution in [0.4, 0.5) is 11.5 Å². The summed E-state index contributed by atoms with van der Waals surface area (Å²) in [5.74, 6) is 1.47. The van der Waals surface area contributed by atoms with Gasteiger partial charge in [-0.25, -0.2) is 4.98 Å². The molecule has 0 saturated heterocycles. The minimum Gasteiger partial charge on any atom is -0.494 e. The molecule has 6 nitrogen and oxygen atoms in total. The fraction of sp³-hybridized carbons (Fsp3) is 0.227. The second-order valence-electron chi connectivity index (χ2n) is 6.47. The maximum absolute atomic E-state index is 9.50. The first-order valence-electron chi connectivity index (χ1n) is 9.48. The fourth-order valence-electron chi connectivity index (χ4n) is 2.93. The number of aryl methyl sites for hydroxylation is 1. The van der Waals surface area contributed by atoms with Crippen molar-refractivity contribution in [1.29, 1.82) is 5.26 Å². The van der Waals surface area contributed by atoms with Crippen molar-refractivity contribution >= 4 is 39.7 Å². The van der Waals surface area contributed by atoms with Gasteiger partial charge in [-0.3, -0.25) is 5.32 Å². The Balaban J connectivity index is 1.58. The highest BCUT2D eigenvalue weighted by molar-refractivity contribution is 7.80. The Hall–Kier alpha value is -3.37. The van der Waals surface area contributed by atoms with Gasteiger partial charge in [0.05, 0.1) is 13.2 Å². The van der Waals surface area contributed by atoms with Gasteiger partial charge in [0.2, 0.25) is 0 Å². The Labute approximate surface area is 175 Å². The molecule has 0 aliphatic rings. The molecular formula is C22H24N5OS+. The van der Waals surface area contributed by atoms with Crippen molar-refractivity contribution in [1.82, 2.24) is 5.32 Å². The highest BCUT2D eigenvalue weighted by Gasteiger charge is 2.13. The molecule has 29 heavy (non-hydrogen) atoms. The third kappa shape index (κ3) is 5.33. The van der Waals surface area contributed by atoms with E-state index < -0.39 is 0 Å². The summed E-state index contributed by atoms with van der Waals surface area (Å²) in [5, 5.41) is 20.6. The Kier molecular flexibility index (Phi) is 6.82. The van der Waals surface area contributed by atoms with Gasteiger partial charge >= 0.3 is 0 Å². The molecule has 0 radical (unpaired) electrons. The number of hydrogen-bond acceptors (Lipinski definition) is 4. The number of nitrogens with one attached hydrogen (secondary N) is 4. The zero-order valence-electron chi connectivity index (χ0n) is 16.5. The Bertz CT molecular complexity index is 1060. The lowest BCUT2D eigenvalue weighted by Crippen LogP contribution is -2.33. The first-order valence-corrected chi connectivity index (χ1v) is 9.89. The van der Waals surface area contributed by atoms with E-state index in [1.165, 1.54) is 0 Å². The van der Waals surface area contributed by atoms with E-state index >= 15 is 0 Å². The van der Waals surface area contributed by atoms with Crippen molar-refractivity contribution in [3.05, 3.63) is 59.7 Å². The molecule has 0 aliphatic heterocycles. The number of nitrogens with zero attached hydrogens (tertiary/aromatic N) is 1. The van der Waals surface area contributed by atoms with Gasteiger partial charge in [-0.2, -0.15) is 5.26 Å². The molecule has 4 N–H and O–H groups in total. The standard InChI is InChI=1S/C22H23N5OS/c1-3-28-18-8-9-20-16(13-18)12-17(14-23)21(26-20)24-10-11-25-22(29)27-19-7-5-4-6-15(19)2/h4-9,12-13H,3,10-11H2,1-2H3,(H,24,26)(H2,25,27,29)/p+1. The van der Waals surface area contributed by atoms with E-state index in [1.54, 1.807) is 0 Å². The second-order valence-corrected chi connectivity index (χ2v) is 6.88. The monoisotopic (exact) mass is 406 g/mol. The predicted octanol–water partition coefficient (Wildman–Crippen LogP) is 3.63. The molecule has 3 rings (SSSR count). The Morgan fingerprint density at radius 2 is 2.00 bits per heavy atom. The molecule has 0 aliphatic carbocycles. The van der Waals surface area contributed by atoms with Crippen LogP contribution in [0.3, 0.4) is 0 Å². The number of pyridine rings is 1. The van der Waals surface area contributed by atoms with Crippen LogP contribution in [0.1, 0.15) is 18.1 Å². The number of aromatic nitrogens is 1. The number of rotatable bonds is 7. The summed E-state index contributed by atoms with van der Waals surface area (Å²) in [5.41, 5.74) is 3.59. The van der Waals surface area contributed by atoms with Gasteiger partial charge in [0.25, 0.3) is 5.82 Å². The summed E-state index contributed by atoms with van der Waals surface area (Å²) < 4.78 is 5.53. The maximum Gasteiger partial charge on any atom is 0.290 e. The Morgan fingerprint density at radius 3 is 2.76 bits per heavy atom. The number of thiocarbonyl (C=S) groups is 1. The molecule has 7 heteroatoms. The van der Waals surface area contributed by atoms with Gasteiger partial charge in [0.15, 0.2) is 5.11 Å². The number of nitriles is 1. The van der Waals surface area contributed by atoms with Crippen molar-refractivity contribution in [3.8, 4) is 11.8 Å². The first kappa shape index (κ1) is 20.4. The highest BCUT2D eigenvalue weighted by Crippen LogP contribution is 2.21. The maximum atomic E-state index is 9.50. The minimum absolute atomic E-state index is 0.548. The van der Waals surface area contributed by atoms with Crippen LogP contribution >= 0.6 is 12.2 Å². The minimum atomic E-state index is 0.548. The van der Waals surface area contributed by atoms with E-state index in [4.69, 9.17) is 17.0 Å². The molecular weight excluding hydrogens is 382 g/mol. The van der Waals surface area contributed by atoms with E-state index in [-0.39, 0.29) is 0 Å². The summed E-state index contributed by atoms with van der Waals surface area (Å²) >= 11 is 5.35. The number of hydrogen-bond donors (Lipinski definition) is 3. The number of aromatic amines is 1. The van der Waals surface area contributed by atoms with Gasteiger partial charge < -0.3 is 15.4 Å². The number of ether oxygens (including phenoxy) is 1. The SMILES string of the molecule is CCOc1ccc2[nH+]c(NCCNC(=S)Nc3ccccc3C)c(C#N)cc2c1. The van der Waals surface area contributed by atoms with Crippen LogP contribution in [0.25, 0.3) is 10.9 Å². The number of benzene rings is 2. The summed E-state index contributed by atoms with van der Waals surface area (Å²) in [7, 11) is 0. The van der Waals surface area contributed by atoms with Crippen LogP contribution in [0.2, 0.25) is 0 Å². The topological polar surface area (TPSA) is 83.2 Å². The fourth-order valence-corrected chi connectivity index (χ4v) is 3.14. The summed E-state index contributed by atoms with van der Waals surface area (Å²) in [6.07, 6.45) is 0. The molecule has 0 amide bonds. The lowest BCUT2D eigenvalue weighted by molar-refractivity contribution is -0.327. The average molecular weight is 407 g/mol. The summed E-state index contributed by atoms with van der Waals surface area (Å²) in [6.45, 7) is 5.79. The molecule has 148 valence electrons. The summed E-state index contributed by atoms with van der Waals surface area (Å²) in [6, 6.07) is 17.9. The quantitative estimate of drug-likeness (QED) is 0.411. The van der Waals surface area contributed by atoms with Crippen LogP contribution in [0.15, 0.2) is 48.5 Å². The van der Waals surface area contributed by atoms with Crippen molar-refractivity contribution < 1.29 is 9.72 Å². The van der Waals surface area contributed by atoms with Crippen LogP contribution in [-0.2, 0) is 0 Å². The van der Waals surface area contributed by atoms with Gasteiger partial charge in [-0.15, -0.1) is 0 Å². The van der Waals surface area contributed by atoms with Gasteiger partial charge in [-0.1, -0.05) is 18.2 Å². The number of H-pyrrole nitrogens is 1. The normalized spacial score (nSPS) is 10.2. The van der Waals surface area contributed by atoms with Crippen LogP contribution in [-0.4, -0.2) is 24.8 Å². The largest absolute Gasteiger partial charge is 0.494 e. The van der Waals surface area contributed by atoms with E-state index in [0.717, 1.165) is 27.9 Å². The van der Waals surface area contributed by atoms with E-state index in [2.05, 4.69) is 27.0 Å². The molecule has 0 bridgehead atoms. The molecule has 0 saturated carbocycles. The van der Waals surface area contributed by atoms with Crippen LogP contribution in [0, 0.1) is 18.3 Å². The Morgan fingerprint density at radius 1 is 1.17 bits per heavy atom. The molecule has 3 aromatic rings. The second kappa shape index (κ2) is 9.71. The van der Waals surface area contributed by atoms with Crippen molar-refractivity contribution in [2.75, 3.05) is 30.3 Å². The highest BCUT2D eigenvalue weighted by atomic mass is 32.1. The van der Waals surface area contributed by atoms with Gasteiger partial charge in [-0.05, 0) is 62.0 Å². The number of anilines is 2. The van der Waals surface area contributed by atoms with E-state index in [1.807, 2.05) is 62.4 Å². The van der Waals surface area contributed by atoms with Gasteiger partial charge in [0, 0.05) is 11.1 Å². The van der Waals surface area contributed by atoms with Gasteiger partial charge in [0.1, 0.15) is 29.4 Å². The third-order valence-corrected chi connectivity index (χ3v) is 4.64. The zero-order valence-corrected chi connectivity index (χ0v) is 17.3. The predicted molar refractivity (Wildman–Crippen MR) is 120 cm³/mol. The van der Waals surface area contributed by atoms with Crippen molar-refractivity contribution in [2.45, 2.75) is 13.8 Å². The van der Waals surface area contributed by atoms with Crippen LogP contribution in [0.5, 0.6) is 5.75 Å². The number of fused-ring (bicyclic) bond motifs is 1. The smallest absolute Gasteiger partial charge is 0.290 e. The molecule has 1 heterocycles. The van der Waals surface area contributed by atoms with Crippen molar-refractivity contribution in [3.63, 3.8) is 0 Å². The molecule has 1 aromatic heterocycles. The summed E-state index contributed by atoms with van der Waals surface area (Å²) in [4.78, 5) is 3.29. The molecule has 0 spiro atoms. The molecule has 0 unspecified atom stereocenters. The average Bonchev–Trinajstić information content (AvgIpc) is 2.72. The lowest BCUT2D eigenvalue weighted by Gasteiger charge is -2.12. The van der Waals surface area contributed by atoms with E-state index in [0.29, 0.717) is 36.2 Å². The molecule has 0 atom stereocenters. The first-order chi connectivity index (χ1) is 14.1. The molecule has 0 fully saturated rings. The molecule has 2 aromatic carbocycles. The number of para-hydroxylation sites is 1.